The number of aromatic nitrogens is 2. The molecular formula is C24H32ClN3O5. The van der Waals surface area contributed by atoms with Gasteiger partial charge in [-0.2, -0.15) is 0 Å². The van der Waals surface area contributed by atoms with E-state index in [0.717, 1.165) is 32.3 Å². The maximum absolute atomic E-state index is 13.6. The predicted octanol–water partition coefficient (Wildman–Crippen LogP) is 4.74. The molecule has 1 aliphatic carbocycles. The molecule has 33 heavy (non-hydrogen) atoms. The van der Waals surface area contributed by atoms with Crippen molar-refractivity contribution >= 4 is 28.6 Å². The Bertz CT molecular complexity index is 1070. The van der Waals surface area contributed by atoms with Crippen LogP contribution in [-0.2, 0) is 14.2 Å². The van der Waals surface area contributed by atoms with Gasteiger partial charge in [0, 0.05) is 18.6 Å². The number of halogens is 1. The van der Waals surface area contributed by atoms with Crippen LogP contribution in [0, 0.1) is 5.92 Å². The van der Waals surface area contributed by atoms with Gasteiger partial charge in [-0.1, -0.05) is 17.7 Å². The van der Waals surface area contributed by atoms with Gasteiger partial charge >= 0.3 is 6.09 Å². The molecule has 0 radical (unpaired) electrons. The minimum atomic E-state index is -0.631. The van der Waals surface area contributed by atoms with Crippen LogP contribution in [0.25, 0.3) is 10.9 Å². The van der Waals surface area contributed by atoms with E-state index in [1.54, 1.807) is 50.5 Å². The standard InChI is InChI=1S/C24H32ClN3O5/c1-14(26-23(30)33-24(2,3)4)21-27-17-9-7-8-16(25)20(17)22(29)28(21)18-12-15(18)13-32-19-10-5-6-11-31-19/h7-9,14-15,18-19H,5-6,10-13H2,1-4H3,(H,26,30)/t14-,15?,18?,19?/m0/s1. The maximum Gasteiger partial charge on any atom is 0.408 e. The largest absolute Gasteiger partial charge is 0.444 e. The van der Waals surface area contributed by atoms with E-state index in [1.165, 1.54) is 0 Å². The van der Waals surface area contributed by atoms with Crippen molar-refractivity contribution in [2.45, 2.75) is 77.4 Å². The topological polar surface area (TPSA) is 91.7 Å². The second-order valence-corrected chi connectivity index (χ2v) is 10.2. The summed E-state index contributed by atoms with van der Waals surface area (Å²) < 4.78 is 18.7. The molecule has 2 aliphatic rings. The highest BCUT2D eigenvalue weighted by atomic mass is 35.5. The first kappa shape index (κ1) is 24.0. The minimum absolute atomic E-state index is 0.0767. The van der Waals surface area contributed by atoms with Crippen LogP contribution in [0.15, 0.2) is 23.0 Å². The third-order valence-electron chi connectivity index (χ3n) is 5.88. The molecule has 1 amide bonds. The molecule has 1 saturated heterocycles. The third-order valence-corrected chi connectivity index (χ3v) is 6.19. The second-order valence-electron chi connectivity index (χ2n) is 9.84. The van der Waals surface area contributed by atoms with Crippen LogP contribution < -0.4 is 10.9 Å². The highest BCUT2D eigenvalue weighted by Crippen LogP contribution is 2.44. The van der Waals surface area contributed by atoms with Gasteiger partial charge in [0.1, 0.15) is 11.4 Å². The van der Waals surface area contributed by atoms with Gasteiger partial charge in [0.15, 0.2) is 6.29 Å². The fraction of sp³-hybridized carbons (Fsp3) is 0.625. The van der Waals surface area contributed by atoms with Crippen molar-refractivity contribution in [3.63, 3.8) is 0 Å². The molecule has 4 atom stereocenters. The summed E-state index contributed by atoms with van der Waals surface area (Å²) in [5.74, 6) is 0.643. The van der Waals surface area contributed by atoms with Gasteiger partial charge in [-0.25, -0.2) is 9.78 Å². The van der Waals surface area contributed by atoms with E-state index >= 15 is 0 Å². The molecule has 3 unspecified atom stereocenters. The number of carbonyl (C=O) groups is 1. The number of carbonyl (C=O) groups excluding carboxylic acids is 1. The average molecular weight is 478 g/mol. The molecule has 1 aromatic carbocycles. The van der Waals surface area contributed by atoms with Crippen molar-refractivity contribution in [3.8, 4) is 0 Å². The van der Waals surface area contributed by atoms with Gasteiger partial charge in [0.2, 0.25) is 0 Å². The molecule has 1 N–H and O–H groups in total. The second kappa shape index (κ2) is 9.60. The van der Waals surface area contributed by atoms with Gasteiger partial charge in [-0.05, 0) is 65.5 Å². The monoisotopic (exact) mass is 477 g/mol. The summed E-state index contributed by atoms with van der Waals surface area (Å²) in [6, 6.07) is 4.58. The number of hydrogen-bond donors (Lipinski definition) is 1. The third kappa shape index (κ3) is 5.67. The highest BCUT2D eigenvalue weighted by molar-refractivity contribution is 6.35. The van der Waals surface area contributed by atoms with Crippen LogP contribution in [0.1, 0.15) is 71.3 Å². The Balaban J connectivity index is 1.60. The molecule has 9 heteroatoms. The summed E-state index contributed by atoms with van der Waals surface area (Å²) in [7, 11) is 0. The van der Waals surface area contributed by atoms with Crippen LogP contribution >= 0.6 is 11.6 Å². The SMILES string of the molecule is C[C@H](NC(=O)OC(C)(C)C)c1nc2cccc(Cl)c2c(=O)n1C1CC1COC1CCCCO1. The molecule has 2 fully saturated rings. The van der Waals surface area contributed by atoms with Crippen molar-refractivity contribution in [2.75, 3.05) is 13.2 Å². The Morgan fingerprint density at radius 1 is 1.36 bits per heavy atom. The maximum atomic E-state index is 13.6. The fourth-order valence-electron chi connectivity index (χ4n) is 4.19. The molecule has 8 nitrogen and oxygen atoms in total. The van der Waals surface area contributed by atoms with E-state index in [4.69, 9.17) is 30.8 Å². The van der Waals surface area contributed by atoms with E-state index in [1.807, 2.05) is 0 Å². The van der Waals surface area contributed by atoms with Gasteiger partial charge < -0.3 is 19.5 Å². The number of rotatable bonds is 6. The van der Waals surface area contributed by atoms with E-state index in [-0.39, 0.29) is 23.8 Å². The molecule has 1 aromatic heterocycles. The lowest BCUT2D eigenvalue weighted by Gasteiger charge is -2.24. The van der Waals surface area contributed by atoms with Crippen molar-refractivity contribution in [1.82, 2.24) is 14.9 Å². The van der Waals surface area contributed by atoms with Gasteiger partial charge in [-0.15, -0.1) is 0 Å². The number of ether oxygens (including phenoxy) is 3. The molecule has 1 saturated carbocycles. The lowest BCUT2D eigenvalue weighted by atomic mass is 10.2. The van der Waals surface area contributed by atoms with Crippen LogP contribution in [-0.4, -0.2) is 40.7 Å². The van der Waals surface area contributed by atoms with E-state index in [9.17, 15) is 9.59 Å². The zero-order chi connectivity index (χ0) is 23.8. The molecule has 2 aromatic rings. The summed E-state index contributed by atoms with van der Waals surface area (Å²) in [4.78, 5) is 30.7. The number of alkyl carbamates (subject to hydrolysis) is 1. The lowest BCUT2D eigenvalue weighted by Crippen LogP contribution is -2.37. The molecule has 4 rings (SSSR count). The van der Waals surface area contributed by atoms with Crippen molar-refractivity contribution < 1.29 is 19.0 Å². The summed E-state index contributed by atoms with van der Waals surface area (Å²) in [6.45, 7) is 8.43. The Morgan fingerprint density at radius 2 is 2.15 bits per heavy atom. The van der Waals surface area contributed by atoms with Crippen LogP contribution in [0.4, 0.5) is 4.79 Å². The molecule has 2 heterocycles. The van der Waals surface area contributed by atoms with E-state index in [2.05, 4.69) is 5.32 Å². The Labute approximate surface area is 198 Å². The first-order chi connectivity index (χ1) is 15.6. The highest BCUT2D eigenvalue weighted by Gasteiger charge is 2.42. The molecule has 0 bridgehead atoms. The summed E-state index contributed by atoms with van der Waals surface area (Å²) in [5.41, 5.74) is -0.339. The average Bonchev–Trinajstić information content (AvgIpc) is 3.50. The molecular weight excluding hydrogens is 446 g/mol. The summed E-state index contributed by atoms with van der Waals surface area (Å²) >= 11 is 6.36. The number of fused-ring (bicyclic) bond motifs is 1. The number of benzene rings is 1. The van der Waals surface area contributed by atoms with Crippen molar-refractivity contribution in [3.05, 3.63) is 39.4 Å². The first-order valence-electron chi connectivity index (χ1n) is 11.6. The van der Waals surface area contributed by atoms with E-state index < -0.39 is 17.7 Å². The van der Waals surface area contributed by atoms with Crippen LogP contribution in [0.2, 0.25) is 5.02 Å². The van der Waals surface area contributed by atoms with Gasteiger partial charge in [0.05, 0.1) is 28.6 Å². The predicted molar refractivity (Wildman–Crippen MR) is 125 cm³/mol. The Hall–Kier alpha value is -2.16. The van der Waals surface area contributed by atoms with Crippen molar-refractivity contribution in [2.24, 2.45) is 5.92 Å². The van der Waals surface area contributed by atoms with Gasteiger partial charge in [0.25, 0.3) is 5.56 Å². The summed E-state index contributed by atoms with van der Waals surface area (Å²) in [6.07, 6.45) is 3.11. The van der Waals surface area contributed by atoms with Crippen molar-refractivity contribution in [1.29, 1.82) is 0 Å². The molecule has 1 aliphatic heterocycles. The molecule has 0 spiro atoms. The van der Waals surface area contributed by atoms with Crippen LogP contribution in [0.3, 0.4) is 0 Å². The molecule has 180 valence electrons. The van der Waals surface area contributed by atoms with E-state index in [0.29, 0.717) is 28.4 Å². The van der Waals surface area contributed by atoms with Gasteiger partial charge in [-0.3, -0.25) is 9.36 Å². The zero-order valence-electron chi connectivity index (χ0n) is 19.6. The smallest absolute Gasteiger partial charge is 0.408 e. The Kier molecular flexibility index (Phi) is 6.98. The minimum Gasteiger partial charge on any atom is -0.444 e. The number of nitrogens with zero attached hydrogens (tertiary/aromatic N) is 2. The Morgan fingerprint density at radius 3 is 2.85 bits per heavy atom. The number of nitrogens with one attached hydrogen (secondary N) is 1. The number of hydrogen-bond acceptors (Lipinski definition) is 6. The first-order valence-corrected chi connectivity index (χ1v) is 11.9. The van der Waals surface area contributed by atoms with Crippen LogP contribution in [0.5, 0.6) is 0 Å². The normalized spacial score (nSPS) is 23.8. The number of amides is 1. The fourth-order valence-corrected chi connectivity index (χ4v) is 4.45. The quantitative estimate of drug-likeness (QED) is 0.646. The summed E-state index contributed by atoms with van der Waals surface area (Å²) in [5, 5.41) is 3.56. The lowest BCUT2D eigenvalue weighted by molar-refractivity contribution is -0.165. The zero-order valence-corrected chi connectivity index (χ0v) is 20.4.